The number of carbonyl (C=O) groups excluding carboxylic acids is 1. The van der Waals surface area contributed by atoms with E-state index < -0.39 is 15.7 Å². The van der Waals surface area contributed by atoms with Crippen LogP contribution in [0.3, 0.4) is 0 Å². The fourth-order valence-electron chi connectivity index (χ4n) is 2.73. The molecule has 1 amide bonds. The lowest BCUT2D eigenvalue weighted by Gasteiger charge is -2.41. The second-order valence-electron chi connectivity index (χ2n) is 5.45. The third kappa shape index (κ3) is 3.25. The van der Waals surface area contributed by atoms with E-state index in [4.69, 9.17) is 5.14 Å². The molecule has 0 aromatic carbocycles. The van der Waals surface area contributed by atoms with E-state index in [0.29, 0.717) is 13.1 Å². The Balaban J connectivity index is 1.96. The van der Waals surface area contributed by atoms with E-state index in [2.05, 4.69) is 5.32 Å². The Labute approximate surface area is 114 Å². The van der Waals surface area contributed by atoms with Gasteiger partial charge in [0.2, 0.25) is 5.91 Å². The highest BCUT2D eigenvalue weighted by Gasteiger charge is 2.39. The monoisotopic (exact) mass is 290 g/mol. The predicted molar refractivity (Wildman–Crippen MR) is 71.5 cm³/mol. The molecule has 0 radical (unpaired) electrons. The Bertz CT molecular complexity index is 437. The van der Waals surface area contributed by atoms with Gasteiger partial charge in [-0.05, 0) is 32.7 Å². The molecule has 2 saturated heterocycles. The van der Waals surface area contributed by atoms with E-state index in [0.717, 1.165) is 25.8 Å². The second kappa shape index (κ2) is 5.35. The summed E-state index contributed by atoms with van der Waals surface area (Å²) in [5.41, 5.74) is -0.498. The largest absolute Gasteiger partial charge is 0.338 e. The molecule has 0 saturated carbocycles. The fraction of sp³-hybridized carbons (Fsp3) is 0.909. The molecule has 1 unspecified atom stereocenters. The fourth-order valence-corrected chi connectivity index (χ4v) is 3.41. The van der Waals surface area contributed by atoms with E-state index in [9.17, 15) is 13.2 Å². The number of piperidine rings is 1. The Kier molecular flexibility index (Phi) is 4.14. The van der Waals surface area contributed by atoms with Gasteiger partial charge in [-0.15, -0.1) is 0 Å². The number of rotatable bonds is 2. The number of piperazine rings is 1. The van der Waals surface area contributed by atoms with Gasteiger partial charge >= 0.3 is 0 Å². The van der Waals surface area contributed by atoms with E-state index in [1.54, 1.807) is 4.90 Å². The Hall–Kier alpha value is -0.700. The highest BCUT2D eigenvalue weighted by atomic mass is 32.2. The summed E-state index contributed by atoms with van der Waals surface area (Å²) in [7, 11) is -3.64. The zero-order chi connectivity index (χ0) is 14.1. The van der Waals surface area contributed by atoms with Crippen LogP contribution in [0.15, 0.2) is 0 Å². The van der Waals surface area contributed by atoms with Crippen LogP contribution in [-0.4, -0.2) is 61.8 Å². The topological polar surface area (TPSA) is 95.7 Å². The molecule has 2 rings (SSSR count). The van der Waals surface area contributed by atoms with Crippen molar-refractivity contribution in [2.45, 2.75) is 31.7 Å². The van der Waals surface area contributed by atoms with Gasteiger partial charge in [-0.3, -0.25) is 4.79 Å². The van der Waals surface area contributed by atoms with Crippen molar-refractivity contribution in [3.8, 4) is 0 Å². The average molecular weight is 290 g/mol. The molecule has 110 valence electrons. The van der Waals surface area contributed by atoms with Crippen molar-refractivity contribution in [3.05, 3.63) is 0 Å². The number of carbonyl (C=O) groups is 1. The molecule has 2 heterocycles. The van der Waals surface area contributed by atoms with Crippen LogP contribution in [0.1, 0.15) is 26.2 Å². The molecule has 1 atom stereocenters. The molecule has 0 spiro atoms. The molecule has 0 aliphatic carbocycles. The summed E-state index contributed by atoms with van der Waals surface area (Å²) in [6.45, 7) is 4.17. The molecule has 0 aromatic heterocycles. The van der Waals surface area contributed by atoms with Crippen LogP contribution < -0.4 is 10.5 Å². The van der Waals surface area contributed by atoms with Gasteiger partial charge in [0.25, 0.3) is 10.2 Å². The third-order valence-corrected chi connectivity index (χ3v) is 5.06. The highest BCUT2D eigenvalue weighted by Crippen LogP contribution is 2.22. The van der Waals surface area contributed by atoms with E-state index in [1.165, 1.54) is 4.31 Å². The first-order valence-corrected chi connectivity index (χ1v) is 8.15. The maximum absolute atomic E-state index is 12.5. The van der Waals surface area contributed by atoms with Gasteiger partial charge in [0.15, 0.2) is 0 Å². The van der Waals surface area contributed by atoms with Crippen LogP contribution in [0, 0.1) is 0 Å². The molecule has 0 aromatic rings. The number of hydrogen-bond donors (Lipinski definition) is 2. The maximum Gasteiger partial charge on any atom is 0.277 e. The number of nitrogens with zero attached hydrogens (tertiary/aromatic N) is 2. The van der Waals surface area contributed by atoms with Crippen molar-refractivity contribution in [2.75, 3.05) is 32.7 Å². The van der Waals surface area contributed by atoms with Crippen molar-refractivity contribution in [1.82, 2.24) is 14.5 Å². The van der Waals surface area contributed by atoms with Gasteiger partial charge in [-0.25, -0.2) is 5.14 Å². The summed E-state index contributed by atoms with van der Waals surface area (Å²) in [6.07, 6.45) is 2.98. The summed E-state index contributed by atoms with van der Waals surface area (Å²) in [6, 6.07) is 0. The van der Waals surface area contributed by atoms with E-state index in [-0.39, 0.29) is 19.0 Å². The van der Waals surface area contributed by atoms with Gasteiger partial charge in [0.1, 0.15) is 0 Å². The standard InChI is InChI=1S/C11H22N4O3S/c1-11(4-2-3-5-13-11)10(16)14-6-8-15(9-7-14)19(12,17)18/h13H,2-9H2,1H3,(H2,12,17,18). The minimum Gasteiger partial charge on any atom is -0.338 e. The molecule has 0 bridgehead atoms. The molecule has 2 fully saturated rings. The lowest BCUT2D eigenvalue weighted by molar-refractivity contribution is -0.140. The van der Waals surface area contributed by atoms with Crippen LogP contribution >= 0.6 is 0 Å². The first-order valence-electron chi connectivity index (χ1n) is 6.65. The normalized spacial score (nSPS) is 30.3. The first kappa shape index (κ1) is 14.7. The van der Waals surface area contributed by atoms with Gasteiger partial charge in [0.05, 0.1) is 5.54 Å². The molecule has 7 nitrogen and oxygen atoms in total. The van der Waals surface area contributed by atoms with E-state index >= 15 is 0 Å². The Morgan fingerprint density at radius 3 is 2.32 bits per heavy atom. The molecule has 8 heteroatoms. The van der Waals surface area contributed by atoms with Crippen LogP contribution in [0.25, 0.3) is 0 Å². The van der Waals surface area contributed by atoms with Gasteiger partial charge in [0, 0.05) is 26.2 Å². The summed E-state index contributed by atoms with van der Waals surface area (Å²) >= 11 is 0. The minimum atomic E-state index is -3.64. The Morgan fingerprint density at radius 1 is 1.21 bits per heavy atom. The van der Waals surface area contributed by atoms with Gasteiger partial charge in [-0.1, -0.05) is 0 Å². The number of amides is 1. The second-order valence-corrected chi connectivity index (χ2v) is 7.00. The Morgan fingerprint density at radius 2 is 1.84 bits per heavy atom. The van der Waals surface area contributed by atoms with Crippen LogP contribution in [0.2, 0.25) is 0 Å². The average Bonchev–Trinajstić information content (AvgIpc) is 2.38. The third-order valence-electron chi connectivity index (χ3n) is 3.98. The first-order chi connectivity index (χ1) is 8.83. The number of nitrogens with one attached hydrogen (secondary N) is 1. The summed E-state index contributed by atoms with van der Waals surface area (Å²) < 4.78 is 23.6. The van der Waals surface area contributed by atoms with Crippen LogP contribution in [-0.2, 0) is 15.0 Å². The molecule has 3 N–H and O–H groups in total. The summed E-state index contributed by atoms with van der Waals surface area (Å²) in [4.78, 5) is 14.2. The predicted octanol–water partition coefficient (Wildman–Crippen LogP) is -1.13. The van der Waals surface area contributed by atoms with Crippen molar-refractivity contribution in [2.24, 2.45) is 5.14 Å². The van der Waals surface area contributed by atoms with Crippen molar-refractivity contribution in [1.29, 1.82) is 0 Å². The maximum atomic E-state index is 12.5. The number of hydrogen-bond acceptors (Lipinski definition) is 4. The molecule has 2 aliphatic rings. The minimum absolute atomic E-state index is 0.0706. The van der Waals surface area contributed by atoms with Crippen LogP contribution in [0.5, 0.6) is 0 Å². The smallest absolute Gasteiger partial charge is 0.277 e. The van der Waals surface area contributed by atoms with Gasteiger partial charge in [-0.2, -0.15) is 12.7 Å². The molecular weight excluding hydrogens is 268 g/mol. The van der Waals surface area contributed by atoms with Crippen LogP contribution in [0.4, 0.5) is 0 Å². The lowest BCUT2D eigenvalue weighted by Crippen LogP contribution is -2.61. The molecule has 2 aliphatic heterocycles. The molecule has 19 heavy (non-hydrogen) atoms. The van der Waals surface area contributed by atoms with Crippen molar-refractivity contribution < 1.29 is 13.2 Å². The lowest BCUT2D eigenvalue weighted by atomic mass is 9.89. The summed E-state index contributed by atoms with van der Waals surface area (Å²) in [5, 5.41) is 8.37. The number of nitrogens with two attached hydrogens (primary N) is 1. The quantitative estimate of drug-likeness (QED) is 0.672. The zero-order valence-electron chi connectivity index (χ0n) is 11.3. The van der Waals surface area contributed by atoms with Crippen molar-refractivity contribution >= 4 is 16.1 Å². The SMILES string of the molecule is CC1(C(=O)N2CCN(S(N)(=O)=O)CC2)CCCCN1. The summed E-state index contributed by atoms with van der Waals surface area (Å²) in [5.74, 6) is 0.0706. The van der Waals surface area contributed by atoms with E-state index in [1.807, 2.05) is 6.92 Å². The highest BCUT2D eigenvalue weighted by molar-refractivity contribution is 7.86. The zero-order valence-corrected chi connectivity index (χ0v) is 12.1. The van der Waals surface area contributed by atoms with Gasteiger partial charge < -0.3 is 10.2 Å². The van der Waals surface area contributed by atoms with Crippen molar-refractivity contribution in [3.63, 3.8) is 0 Å². The molecular formula is C11H22N4O3S.